The number of nitrogen functional groups attached to an aromatic ring is 1. The Morgan fingerprint density at radius 2 is 2.00 bits per heavy atom. The monoisotopic (exact) mass is 344 g/mol. The number of anilines is 3. The summed E-state index contributed by atoms with van der Waals surface area (Å²) in [6, 6.07) is 7.81. The molecule has 0 fully saturated rings. The molecule has 0 aliphatic rings. The first-order chi connectivity index (χ1) is 11.0. The number of benzene rings is 1. The van der Waals surface area contributed by atoms with E-state index in [9.17, 15) is 4.79 Å². The Labute approximate surface area is 142 Å². The van der Waals surface area contributed by atoms with Gasteiger partial charge in [-0.25, -0.2) is 9.97 Å². The van der Waals surface area contributed by atoms with Crippen LogP contribution in [0.15, 0.2) is 29.6 Å². The van der Waals surface area contributed by atoms with Gasteiger partial charge in [-0.15, -0.1) is 11.3 Å². The molecule has 0 atom stereocenters. The molecule has 0 aliphatic heterocycles. The van der Waals surface area contributed by atoms with Gasteiger partial charge in [-0.05, 0) is 31.5 Å². The lowest BCUT2D eigenvalue weighted by Gasteiger charge is -2.04. The van der Waals surface area contributed by atoms with Crippen molar-refractivity contribution in [1.82, 2.24) is 9.97 Å². The molecule has 0 saturated carbocycles. The van der Waals surface area contributed by atoms with E-state index >= 15 is 0 Å². The molecule has 0 aliphatic carbocycles. The molecule has 118 valence electrons. The van der Waals surface area contributed by atoms with Gasteiger partial charge in [-0.2, -0.15) is 0 Å². The van der Waals surface area contributed by atoms with Gasteiger partial charge in [-0.3, -0.25) is 4.79 Å². The van der Waals surface area contributed by atoms with Crippen LogP contribution in [0.5, 0.6) is 0 Å². The summed E-state index contributed by atoms with van der Waals surface area (Å²) in [5.74, 6) is 0.162. The molecule has 0 saturated heterocycles. The van der Waals surface area contributed by atoms with E-state index in [2.05, 4.69) is 15.3 Å². The van der Waals surface area contributed by atoms with Crippen LogP contribution in [-0.2, 0) is 11.2 Å². The molecule has 5 nitrogen and oxygen atoms in total. The van der Waals surface area contributed by atoms with Crippen LogP contribution in [0.3, 0.4) is 0 Å². The number of hydrogen-bond acceptors (Lipinski definition) is 7. The number of thiazole rings is 2. The molecule has 3 N–H and O–H groups in total. The van der Waals surface area contributed by atoms with Gasteiger partial charge in [0.15, 0.2) is 10.3 Å². The van der Waals surface area contributed by atoms with Gasteiger partial charge in [0.25, 0.3) is 0 Å². The first-order valence-electron chi connectivity index (χ1n) is 7.05. The van der Waals surface area contributed by atoms with Crippen LogP contribution < -0.4 is 11.1 Å². The highest BCUT2D eigenvalue weighted by Crippen LogP contribution is 2.34. The molecule has 0 amide bonds. The normalized spacial score (nSPS) is 10.7. The molecule has 2 heterocycles. The number of nitrogens with zero attached hydrogens (tertiary/aromatic N) is 2. The first-order valence-corrected chi connectivity index (χ1v) is 8.75. The second-order valence-electron chi connectivity index (χ2n) is 5.21. The summed E-state index contributed by atoms with van der Waals surface area (Å²) in [5.41, 5.74) is 9.48. The number of carbonyl (C=O) groups is 1. The number of ketones is 1. The molecule has 7 heteroatoms. The molecule has 1 aromatic carbocycles. The Morgan fingerprint density at radius 1 is 1.26 bits per heavy atom. The minimum absolute atomic E-state index is 0.162. The van der Waals surface area contributed by atoms with E-state index in [4.69, 9.17) is 5.73 Å². The fourth-order valence-electron chi connectivity index (χ4n) is 2.21. The summed E-state index contributed by atoms with van der Waals surface area (Å²) in [4.78, 5) is 20.9. The van der Waals surface area contributed by atoms with E-state index in [0.29, 0.717) is 11.6 Å². The Kier molecular flexibility index (Phi) is 4.40. The maximum Gasteiger partial charge on any atom is 0.187 e. The number of hydrogen-bond donors (Lipinski definition) is 2. The maximum atomic E-state index is 11.1. The van der Waals surface area contributed by atoms with Gasteiger partial charge in [-0.1, -0.05) is 23.5 Å². The molecular weight excluding hydrogens is 328 g/mol. The van der Waals surface area contributed by atoms with Crippen molar-refractivity contribution in [2.45, 2.75) is 20.3 Å². The maximum absolute atomic E-state index is 11.1. The lowest BCUT2D eigenvalue weighted by Crippen LogP contribution is -1.96. The second-order valence-corrected chi connectivity index (χ2v) is 7.09. The highest BCUT2D eigenvalue weighted by Gasteiger charge is 2.12. The number of nitrogens with two attached hydrogens (primary N) is 1. The molecule has 2 aromatic heterocycles. The molecule has 0 radical (unpaired) electrons. The van der Waals surface area contributed by atoms with Gasteiger partial charge < -0.3 is 11.1 Å². The highest BCUT2D eigenvalue weighted by atomic mass is 32.1. The summed E-state index contributed by atoms with van der Waals surface area (Å²) in [6.45, 7) is 3.53. The Balaban J connectivity index is 1.74. The van der Waals surface area contributed by atoms with Crippen LogP contribution in [0.1, 0.15) is 18.2 Å². The lowest BCUT2D eigenvalue weighted by molar-refractivity contribution is -0.116. The van der Waals surface area contributed by atoms with Crippen LogP contribution in [0.4, 0.5) is 16.0 Å². The number of aromatic nitrogens is 2. The molecule has 23 heavy (non-hydrogen) atoms. The van der Waals surface area contributed by atoms with Crippen LogP contribution in [0.25, 0.3) is 10.6 Å². The minimum Gasteiger partial charge on any atom is -0.375 e. The molecular formula is C16H16N4OS2. The first kappa shape index (κ1) is 15.6. The average Bonchev–Trinajstić information content (AvgIpc) is 3.07. The number of rotatable bonds is 5. The van der Waals surface area contributed by atoms with Gasteiger partial charge in [0.2, 0.25) is 0 Å². The van der Waals surface area contributed by atoms with Crippen molar-refractivity contribution in [2.24, 2.45) is 0 Å². The summed E-state index contributed by atoms with van der Waals surface area (Å²) in [7, 11) is 0. The zero-order chi connectivity index (χ0) is 16.4. The van der Waals surface area contributed by atoms with Crippen molar-refractivity contribution < 1.29 is 4.79 Å². The molecule has 0 spiro atoms. The quantitative estimate of drug-likeness (QED) is 0.730. The standard InChI is InChI=1S/C16H16N4OS2/c1-9(21)7-11-3-5-12(6-4-11)19-16-20-13(8-22-16)14-10(2)18-15(17)23-14/h3-6,8H,7H2,1-2H3,(H2,17,18)(H,19,20). The summed E-state index contributed by atoms with van der Waals surface area (Å²) in [5, 5.41) is 6.64. The minimum atomic E-state index is 0.162. The molecule has 3 aromatic rings. The summed E-state index contributed by atoms with van der Waals surface area (Å²) >= 11 is 2.98. The topological polar surface area (TPSA) is 80.9 Å². The van der Waals surface area contributed by atoms with E-state index < -0.39 is 0 Å². The van der Waals surface area contributed by atoms with Crippen molar-refractivity contribution in [3.8, 4) is 10.6 Å². The number of Topliss-reactive ketones (excluding diaryl/α,β-unsaturated/α-hetero) is 1. The van der Waals surface area contributed by atoms with Crippen LogP contribution >= 0.6 is 22.7 Å². The predicted octanol–water partition coefficient (Wildman–Crippen LogP) is 4.03. The van der Waals surface area contributed by atoms with Crippen LogP contribution in [0.2, 0.25) is 0 Å². The highest BCUT2D eigenvalue weighted by molar-refractivity contribution is 7.19. The van der Waals surface area contributed by atoms with Gasteiger partial charge in [0.05, 0.1) is 16.3 Å². The van der Waals surface area contributed by atoms with E-state index in [1.54, 1.807) is 6.92 Å². The van der Waals surface area contributed by atoms with Crippen molar-refractivity contribution in [3.63, 3.8) is 0 Å². The van der Waals surface area contributed by atoms with Crippen molar-refractivity contribution >= 4 is 44.4 Å². The third kappa shape index (κ3) is 3.75. The smallest absolute Gasteiger partial charge is 0.187 e. The van der Waals surface area contributed by atoms with E-state index in [1.165, 1.54) is 22.7 Å². The Bertz CT molecular complexity index is 836. The predicted molar refractivity (Wildman–Crippen MR) is 96.5 cm³/mol. The van der Waals surface area contributed by atoms with E-state index in [0.717, 1.165) is 32.6 Å². The summed E-state index contributed by atoms with van der Waals surface area (Å²) in [6.07, 6.45) is 0.466. The van der Waals surface area contributed by atoms with Gasteiger partial charge >= 0.3 is 0 Å². The Morgan fingerprint density at radius 3 is 2.61 bits per heavy atom. The molecule has 0 unspecified atom stereocenters. The number of carbonyl (C=O) groups excluding carboxylic acids is 1. The zero-order valence-corrected chi connectivity index (χ0v) is 14.4. The average molecular weight is 344 g/mol. The van der Waals surface area contributed by atoms with Crippen LogP contribution in [0, 0.1) is 6.92 Å². The zero-order valence-electron chi connectivity index (χ0n) is 12.8. The van der Waals surface area contributed by atoms with Crippen molar-refractivity contribution in [1.29, 1.82) is 0 Å². The molecule has 0 bridgehead atoms. The van der Waals surface area contributed by atoms with Gasteiger partial charge in [0, 0.05) is 17.5 Å². The third-order valence-corrected chi connectivity index (χ3v) is 4.98. The van der Waals surface area contributed by atoms with Crippen molar-refractivity contribution in [3.05, 3.63) is 40.9 Å². The molecule has 3 rings (SSSR count). The fourth-order valence-corrected chi connectivity index (χ4v) is 3.80. The second kappa shape index (κ2) is 6.47. The van der Waals surface area contributed by atoms with E-state index in [-0.39, 0.29) is 5.78 Å². The van der Waals surface area contributed by atoms with Crippen LogP contribution in [-0.4, -0.2) is 15.8 Å². The van der Waals surface area contributed by atoms with Gasteiger partial charge in [0.1, 0.15) is 5.78 Å². The Hall–Kier alpha value is -2.25. The largest absolute Gasteiger partial charge is 0.375 e. The van der Waals surface area contributed by atoms with Crippen molar-refractivity contribution in [2.75, 3.05) is 11.1 Å². The van der Waals surface area contributed by atoms with E-state index in [1.807, 2.05) is 36.6 Å². The SMILES string of the molecule is CC(=O)Cc1ccc(Nc2nc(-c3sc(N)nc3C)cs2)cc1. The number of nitrogens with one attached hydrogen (secondary N) is 1. The lowest BCUT2D eigenvalue weighted by atomic mass is 10.1. The third-order valence-electron chi connectivity index (χ3n) is 3.21. The number of aryl methyl sites for hydroxylation is 1. The fraction of sp³-hybridized carbons (Fsp3) is 0.188. The summed E-state index contributed by atoms with van der Waals surface area (Å²) < 4.78 is 0.